The molecule has 0 radical (unpaired) electrons. The number of aromatic nitrogens is 1. The highest BCUT2D eigenvalue weighted by molar-refractivity contribution is 5.79. The lowest BCUT2D eigenvalue weighted by Crippen LogP contribution is -2.36. The second kappa shape index (κ2) is 5.52. The van der Waals surface area contributed by atoms with Crippen molar-refractivity contribution < 1.29 is 0 Å². The van der Waals surface area contributed by atoms with Gasteiger partial charge in [-0.2, -0.15) is 0 Å². The summed E-state index contributed by atoms with van der Waals surface area (Å²) in [7, 11) is 1.88. The maximum Gasteiger partial charge on any atom is 0.255 e. The Bertz CT molecular complexity index is 752. The van der Waals surface area contributed by atoms with Crippen molar-refractivity contribution in [3.8, 4) is 0 Å². The lowest BCUT2D eigenvalue weighted by Gasteiger charge is -2.24. The highest BCUT2D eigenvalue weighted by atomic mass is 16.1. The van der Waals surface area contributed by atoms with Crippen LogP contribution in [0.15, 0.2) is 35.1 Å². The van der Waals surface area contributed by atoms with Crippen LogP contribution in [0.2, 0.25) is 0 Å². The average molecular weight is 297 g/mol. The first-order chi connectivity index (χ1) is 10.7. The Balaban J connectivity index is 1.64. The number of nitrogens with zero attached hydrogens (tertiary/aromatic N) is 2. The molecule has 2 aromatic rings. The summed E-state index contributed by atoms with van der Waals surface area (Å²) in [5, 5.41) is 4.85. The zero-order chi connectivity index (χ0) is 15.1. The van der Waals surface area contributed by atoms with Gasteiger partial charge in [0.1, 0.15) is 0 Å². The number of rotatable bonds is 2. The summed E-state index contributed by atoms with van der Waals surface area (Å²) in [6.45, 7) is 2.92. The summed E-state index contributed by atoms with van der Waals surface area (Å²) < 4.78 is 1.78. The predicted molar refractivity (Wildman–Crippen MR) is 89.0 cm³/mol. The molecule has 2 aliphatic rings. The van der Waals surface area contributed by atoms with Crippen molar-refractivity contribution in [2.45, 2.75) is 37.9 Å². The molecule has 1 N–H and O–H groups in total. The van der Waals surface area contributed by atoms with E-state index < -0.39 is 0 Å². The van der Waals surface area contributed by atoms with Gasteiger partial charge in [0, 0.05) is 44.3 Å². The number of hydrogen-bond donors (Lipinski definition) is 1. The van der Waals surface area contributed by atoms with Crippen LogP contribution < -0.4 is 10.9 Å². The summed E-state index contributed by atoms with van der Waals surface area (Å²) in [5.41, 5.74) is 2.06. The zero-order valence-corrected chi connectivity index (χ0v) is 13.1. The molecule has 1 aromatic heterocycles. The van der Waals surface area contributed by atoms with Gasteiger partial charge in [-0.3, -0.25) is 9.69 Å². The van der Waals surface area contributed by atoms with E-state index in [-0.39, 0.29) is 5.56 Å². The largest absolute Gasteiger partial charge is 0.311 e. The molecule has 4 nitrogen and oxygen atoms in total. The SMILES string of the molecule is Cn1c(=O)c(CN2CC[C@@H]3CC[C@H](C2)N3)cc2ccccc21. The summed E-state index contributed by atoms with van der Waals surface area (Å²) in [6.07, 6.45) is 3.79. The highest BCUT2D eigenvalue weighted by Gasteiger charge is 2.29. The van der Waals surface area contributed by atoms with Crippen molar-refractivity contribution >= 4 is 10.9 Å². The van der Waals surface area contributed by atoms with E-state index in [1.54, 1.807) is 4.57 Å². The van der Waals surface area contributed by atoms with Crippen molar-refractivity contribution in [2.75, 3.05) is 13.1 Å². The fourth-order valence-electron chi connectivity index (χ4n) is 4.00. The Hall–Kier alpha value is -1.65. The van der Waals surface area contributed by atoms with Crippen LogP contribution in [0.5, 0.6) is 0 Å². The average Bonchev–Trinajstić information content (AvgIpc) is 2.87. The van der Waals surface area contributed by atoms with Crippen molar-refractivity contribution in [1.82, 2.24) is 14.8 Å². The third kappa shape index (κ3) is 2.46. The zero-order valence-electron chi connectivity index (χ0n) is 13.1. The van der Waals surface area contributed by atoms with E-state index in [1.165, 1.54) is 19.3 Å². The van der Waals surface area contributed by atoms with Crippen molar-refractivity contribution in [1.29, 1.82) is 0 Å². The van der Waals surface area contributed by atoms with Crippen molar-refractivity contribution in [3.63, 3.8) is 0 Å². The molecule has 4 heteroatoms. The van der Waals surface area contributed by atoms with E-state index in [4.69, 9.17) is 0 Å². The molecule has 2 fully saturated rings. The molecule has 2 bridgehead atoms. The van der Waals surface area contributed by atoms with E-state index in [2.05, 4.69) is 22.3 Å². The first-order valence-corrected chi connectivity index (χ1v) is 8.27. The van der Waals surface area contributed by atoms with Gasteiger partial charge in [0.15, 0.2) is 0 Å². The van der Waals surface area contributed by atoms with Gasteiger partial charge in [0.2, 0.25) is 0 Å². The van der Waals surface area contributed by atoms with Crippen LogP contribution in [0, 0.1) is 0 Å². The van der Waals surface area contributed by atoms with Crippen LogP contribution in [0.3, 0.4) is 0 Å². The van der Waals surface area contributed by atoms with Gasteiger partial charge in [-0.15, -0.1) is 0 Å². The fourth-order valence-corrected chi connectivity index (χ4v) is 4.00. The maximum atomic E-state index is 12.6. The maximum absolute atomic E-state index is 12.6. The van der Waals surface area contributed by atoms with Crippen LogP contribution in [0.4, 0.5) is 0 Å². The van der Waals surface area contributed by atoms with Crippen molar-refractivity contribution in [2.24, 2.45) is 7.05 Å². The Morgan fingerprint density at radius 1 is 1.18 bits per heavy atom. The van der Waals surface area contributed by atoms with E-state index >= 15 is 0 Å². The monoisotopic (exact) mass is 297 g/mol. The molecule has 4 rings (SSSR count). The van der Waals surface area contributed by atoms with E-state index in [0.29, 0.717) is 12.1 Å². The summed E-state index contributed by atoms with van der Waals surface area (Å²) >= 11 is 0. The molecule has 1 aromatic carbocycles. The lowest BCUT2D eigenvalue weighted by atomic mass is 10.1. The standard InChI is InChI=1S/C18H23N3O/c1-20-17-5-3-2-4-13(17)10-14(18(20)22)11-21-9-8-15-6-7-16(12-21)19-15/h2-5,10,15-16,19H,6-9,11-12H2,1H3/t15-,16+/m0/s1. The molecule has 2 saturated heterocycles. The number of pyridine rings is 1. The Labute approximate surface area is 130 Å². The van der Waals surface area contributed by atoms with Gasteiger partial charge < -0.3 is 9.88 Å². The Morgan fingerprint density at radius 2 is 2.00 bits per heavy atom. The molecule has 22 heavy (non-hydrogen) atoms. The minimum atomic E-state index is 0.140. The van der Waals surface area contributed by atoms with Gasteiger partial charge in [-0.1, -0.05) is 18.2 Å². The quantitative estimate of drug-likeness (QED) is 0.919. The fraction of sp³-hybridized carbons (Fsp3) is 0.500. The van der Waals surface area contributed by atoms with Gasteiger partial charge in [0.25, 0.3) is 5.56 Å². The molecule has 0 amide bonds. The van der Waals surface area contributed by atoms with Gasteiger partial charge in [-0.25, -0.2) is 0 Å². The van der Waals surface area contributed by atoms with E-state index in [0.717, 1.165) is 36.1 Å². The molecule has 0 saturated carbocycles. The molecule has 2 aliphatic heterocycles. The predicted octanol–water partition coefficient (Wildman–Crippen LogP) is 1.86. The van der Waals surface area contributed by atoms with Crippen LogP contribution in [-0.2, 0) is 13.6 Å². The molecule has 0 unspecified atom stereocenters. The van der Waals surface area contributed by atoms with E-state index in [9.17, 15) is 4.79 Å². The minimum absolute atomic E-state index is 0.140. The Kier molecular flexibility index (Phi) is 3.51. The Morgan fingerprint density at radius 3 is 2.91 bits per heavy atom. The van der Waals surface area contributed by atoms with Crippen LogP contribution in [0.1, 0.15) is 24.8 Å². The molecule has 0 aliphatic carbocycles. The molecule has 0 spiro atoms. The van der Waals surface area contributed by atoms with Gasteiger partial charge in [0.05, 0.1) is 5.52 Å². The number of benzene rings is 1. The number of aryl methyl sites for hydroxylation is 1. The van der Waals surface area contributed by atoms with Gasteiger partial charge >= 0.3 is 0 Å². The topological polar surface area (TPSA) is 37.3 Å². The van der Waals surface area contributed by atoms with Gasteiger partial charge in [-0.05, 0) is 36.8 Å². The molecule has 116 valence electrons. The molecular weight excluding hydrogens is 274 g/mol. The minimum Gasteiger partial charge on any atom is -0.311 e. The molecule has 3 heterocycles. The number of fused-ring (bicyclic) bond motifs is 3. The molecular formula is C18H23N3O. The van der Waals surface area contributed by atoms with Crippen LogP contribution >= 0.6 is 0 Å². The number of likely N-dealkylation sites (tertiary alicyclic amines) is 1. The highest BCUT2D eigenvalue weighted by Crippen LogP contribution is 2.21. The summed E-state index contributed by atoms with van der Waals surface area (Å²) in [5.74, 6) is 0. The normalized spacial score (nSPS) is 25.5. The number of nitrogens with one attached hydrogen (secondary N) is 1. The second-order valence-corrected chi connectivity index (χ2v) is 6.75. The second-order valence-electron chi connectivity index (χ2n) is 6.75. The van der Waals surface area contributed by atoms with E-state index in [1.807, 2.05) is 25.2 Å². The lowest BCUT2D eigenvalue weighted by molar-refractivity contribution is 0.250. The smallest absolute Gasteiger partial charge is 0.255 e. The first-order valence-electron chi connectivity index (χ1n) is 8.27. The third-order valence-corrected chi connectivity index (χ3v) is 5.21. The summed E-state index contributed by atoms with van der Waals surface area (Å²) in [6, 6.07) is 11.5. The van der Waals surface area contributed by atoms with Crippen LogP contribution in [-0.4, -0.2) is 34.6 Å². The molecule has 2 atom stereocenters. The van der Waals surface area contributed by atoms with Crippen LogP contribution in [0.25, 0.3) is 10.9 Å². The summed E-state index contributed by atoms with van der Waals surface area (Å²) in [4.78, 5) is 15.1. The van der Waals surface area contributed by atoms with Crippen molar-refractivity contribution in [3.05, 3.63) is 46.2 Å². The number of hydrogen-bond acceptors (Lipinski definition) is 3. The number of para-hydroxylation sites is 1. The third-order valence-electron chi connectivity index (χ3n) is 5.21. The first kappa shape index (κ1) is 14.0.